The third-order valence-electron chi connectivity index (χ3n) is 1.21. The first-order valence-electron chi connectivity index (χ1n) is 2.84. The molecule has 0 bridgehead atoms. The van der Waals surface area contributed by atoms with E-state index in [2.05, 4.69) is 0 Å². The topological polar surface area (TPSA) is 0 Å². The highest BCUT2D eigenvalue weighted by Crippen LogP contribution is 2.29. The summed E-state index contributed by atoms with van der Waals surface area (Å²) >= 11 is 6.55. The zero-order valence-corrected chi connectivity index (χ0v) is 7.27. The summed E-state index contributed by atoms with van der Waals surface area (Å²) < 4.78 is 25.4. The van der Waals surface area contributed by atoms with Crippen LogP contribution in [0.3, 0.4) is 0 Å². The Balaban J connectivity index is 3.29. The first-order chi connectivity index (χ1) is 5.16. The molecule has 0 aliphatic carbocycles. The van der Waals surface area contributed by atoms with Gasteiger partial charge in [-0.2, -0.15) is 0 Å². The Morgan fingerprint density at radius 2 is 1.82 bits per heavy atom. The Kier molecular flexibility index (Phi) is 2.73. The van der Waals surface area contributed by atoms with Gasteiger partial charge in [-0.1, -0.05) is 11.6 Å². The summed E-state index contributed by atoms with van der Waals surface area (Å²) in [6.45, 7) is 0. The molecule has 0 aliphatic rings. The smallest absolute Gasteiger partial charge is 0.143 e. The predicted molar refractivity (Wildman–Crippen MR) is 43.1 cm³/mol. The number of hydrogen-bond donors (Lipinski definition) is 0. The van der Waals surface area contributed by atoms with Gasteiger partial charge in [0.15, 0.2) is 0 Å². The molecular weight excluding hydrogens is 190 g/mol. The van der Waals surface area contributed by atoms with Gasteiger partial charge in [0.25, 0.3) is 0 Å². The minimum Gasteiger partial charge on any atom is -0.206 e. The van der Waals surface area contributed by atoms with Gasteiger partial charge in [0, 0.05) is 0 Å². The van der Waals surface area contributed by atoms with Crippen molar-refractivity contribution in [3.8, 4) is 0 Å². The number of halogens is 3. The van der Waals surface area contributed by atoms with Crippen molar-refractivity contribution in [3.63, 3.8) is 0 Å². The van der Waals surface area contributed by atoms with Crippen molar-refractivity contribution < 1.29 is 8.78 Å². The zero-order chi connectivity index (χ0) is 8.43. The molecule has 4 heteroatoms. The second-order valence-corrected chi connectivity index (χ2v) is 3.07. The summed E-state index contributed by atoms with van der Waals surface area (Å²) in [6.07, 6.45) is 1.64. The summed E-state index contributed by atoms with van der Waals surface area (Å²) in [6, 6.07) is 2.07. The Morgan fingerprint density at radius 1 is 1.27 bits per heavy atom. The molecule has 0 saturated carbocycles. The molecule has 0 saturated heterocycles. The minimum absolute atomic E-state index is 0.141. The van der Waals surface area contributed by atoms with E-state index in [1.807, 2.05) is 0 Å². The maximum Gasteiger partial charge on any atom is 0.143 e. The lowest BCUT2D eigenvalue weighted by Crippen LogP contribution is -1.85. The van der Waals surface area contributed by atoms with Gasteiger partial charge in [0.1, 0.15) is 11.6 Å². The molecule has 0 heterocycles. The van der Waals surface area contributed by atoms with Crippen LogP contribution in [0.4, 0.5) is 8.78 Å². The molecule has 11 heavy (non-hydrogen) atoms. The van der Waals surface area contributed by atoms with Crippen LogP contribution in [0.15, 0.2) is 17.0 Å². The summed E-state index contributed by atoms with van der Waals surface area (Å²) in [4.78, 5) is 0.159. The highest BCUT2D eigenvalue weighted by molar-refractivity contribution is 7.98. The maximum atomic E-state index is 12.8. The molecule has 0 unspecified atom stereocenters. The fourth-order valence-electron chi connectivity index (χ4n) is 0.696. The minimum atomic E-state index is -0.586. The fraction of sp³-hybridized carbons (Fsp3) is 0.143. The summed E-state index contributed by atoms with van der Waals surface area (Å²) in [7, 11) is 0. The van der Waals surface area contributed by atoms with Crippen LogP contribution in [0.5, 0.6) is 0 Å². The van der Waals surface area contributed by atoms with E-state index in [4.69, 9.17) is 11.6 Å². The van der Waals surface area contributed by atoms with Gasteiger partial charge in [-0.05, 0) is 18.4 Å². The molecule has 1 aromatic rings. The van der Waals surface area contributed by atoms with Crippen LogP contribution in [0.25, 0.3) is 0 Å². The molecule has 0 aromatic heterocycles. The van der Waals surface area contributed by atoms with Crippen LogP contribution in [-0.4, -0.2) is 6.26 Å². The molecule has 0 fully saturated rings. The van der Waals surface area contributed by atoms with Gasteiger partial charge in [0.05, 0.1) is 9.92 Å². The molecular formula is C7H5ClF2S. The second kappa shape index (κ2) is 3.41. The fourth-order valence-corrected chi connectivity index (χ4v) is 1.62. The molecule has 0 N–H and O–H groups in total. The van der Waals surface area contributed by atoms with Gasteiger partial charge in [0.2, 0.25) is 0 Å². The average Bonchev–Trinajstić information content (AvgIpc) is 1.99. The van der Waals surface area contributed by atoms with Crippen molar-refractivity contribution in [2.24, 2.45) is 0 Å². The Morgan fingerprint density at radius 3 is 2.27 bits per heavy atom. The normalized spacial score (nSPS) is 10.2. The predicted octanol–water partition coefficient (Wildman–Crippen LogP) is 3.34. The number of thioether (sulfide) groups is 1. The van der Waals surface area contributed by atoms with E-state index in [9.17, 15) is 8.78 Å². The Bertz CT molecular complexity index is 275. The van der Waals surface area contributed by atoms with Gasteiger partial charge in [-0.3, -0.25) is 0 Å². The van der Waals surface area contributed by atoms with Gasteiger partial charge in [-0.15, -0.1) is 11.8 Å². The van der Waals surface area contributed by atoms with Gasteiger partial charge < -0.3 is 0 Å². The van der Waals surface area contributed by atoms with Crippen molar-refractivity contribution in [1.29, 1.82) is 0 Å². The van der Waals surface area contributed by atoms with Crippen LogP contribution in [0.1, 0.15) is 0 Å². The molecule has 60 valence electrons. The third kappa shape index (κ3) is 1.65. The largest absolute Gasteiger partial charge is 0.206 e. The van der Waals surface area contributed by atoms with Crippen LogP contribution in [0, 0.1) is 11.6 Å². The van der Waals surface area contributed by atoms with E-state index < -0.39 is 11.6 Å². The quantitative estimate of drug-likeness (QED) is 0.488. The monoisotopic (exact) mass is 194 g/mol. The molecule has 0 nitrogen and oxygen atoms in total. The molecule has 0 atom stereocenters. The van der Waals surface area contributed by atoms with E-state index >= 15 is 0 Å². The second-order valence-electron chi connectivity index (χ2n) is 1.88. The first kappa shape index (κ1) is 8.81. The molecule has 1 aromatic carbocycles. The van der Waals surface area contributed by atoms with E-state index in [-0.39, 0.29) is 9.92 Å². The van der Waals surface area contributed by atoms with Gasteiger partial charge >= 0.3 is 0 Å². The van der Waals surface area contributed by atoms with Crippen LogP contribution in [0.2, 0.25) is 5.02 Å². The first-order valence-corrected chi connectivity index (χ1v) is 4.44. The van der Waals surface area contributed by atoms with Crippen LogP contribution >= 0.6 is 23.4 Å². The number of rotatable bonds is 1. The Labute approximate surface area is 72.6 Å². The lowest BCUT2D eigenvalue weighted by atomic mass is 10.3. The number of hydrogen-bond acceptors (Lipinski definition) is 1. The van der Waals surface area contributed by atoms with E-state index in [1.54, 1.807) is 6.26 Å². The van der Waals surface area contributed by atoms with Crippen LogP contribution < -0.4 is 0 Å². The number of benzene rings is 1. The molecule has 0 aliphatic heterocycles. The molecule has 0 amide bonds. The lowest BCUT2D eigenvalue weighted by molar-refractivity contribution is 0.578. The van der Waals surface area contributed by atoms with Crippen molar-refractivity contribution in [2.75, 3.05) is 6.26 Å². The molecule has 1 rings (SSSR count). The van der Waals surface area contributed by atoms with E-state index in [0.29, 0.717) is 0 Å². The van der Waals surface area contributed by atoms with E-state index in [0.717, 1.165) is 23.9 Å². The van der Waals surface area contributed by atoms with Crippen molar-refractivity contribution >= 4 is 23.4 Å². The van der Waals surface area contributed by atoms with E-state index in [1.165, 1.54) is 0 Å². The van der Waals surface area contributed by atoms with Crippen molar-refractivity contribution in [2.45, 2.75) is 4.90 Å². The summed E-state index contributed by atoms with van der Waals surface area (Å²) in [5, 5.41) is -0.141. The van der Waals surface area contributed by atoms with Crippen molar-refractivity contribution in [1.82, 2.24) is 0 Å². The highest BCUT2D eigenvalue weighted by atomic mass is 35.5. The zero-order valence-electron chi connectivity index (χ0n) is 5.70. The standard InChI is InChI=1S/C7H5ClF2S/c1-11-7-5(10)3-2-4(9)6(7)8/h2-3H,1H3. The van der Waals surface area contributed by atoms with Crippen LogP contribution in [-0.2, 0) is 0 Å². The lowest BCUT2D eigenvalue weighted by Gasteiger charge is -2.01. The molecule has 0 radical (unpaired) electrons. The van der Waals surface area contributed by atoms with Crippen molar-refractivity contribution in [3.05, 3.63) is 28.8 Å². The van der Waals surface area contributed by atoms with Gasteiger partial charge in [-0.25, -0.2) is 8.78 Å². The third-order valence-corrected chi connectivity index (χ3v) is 2.50. The average molecular weight is 195 g/mol. The molecule has 0 spiro atoms. The summed E-state index contributed by atoms with van der Waals surface area (Å²) in [5.41, 5.74) is 0. The maximum absolute atomic E-state index is 12.8. The summed E-state index contributed by atoms with van der Waals surface area (Å²) in [5.74, 6) is -1.07. The highest BCUT2D eigenvalue weighted by Gasteiger charge is 2.09. The SMILES string of the molecule is CSc1c(F)ccc(F)c1Cl. The Hall–Kier alpha value is -0.280.